The van der Waals surface area contributed by atoms with Crippen molar-refractivity contribution in [3.63, 3.8) is 0 Å². The maximum absolute atomic E-state index is 4.75. The SMILES string of the molecule is Cc1cc(NC2C3(C)CCC(C3)C2(C)C)nc(C(C)C)n1. The van der Waals surface area contributed by atoms with Crippen LogP contribution in [-0.4, -0.2) is 16.0 Å². The Kier molecular flexibility index (Phi) is 3.30. The molecule has 3 atom stereocenters. The summed E-state index contributed by atoms with van der Waals surface area (Å²) in [5.41, 5.74) is 1.83. The summed E-state index contributed by atoms with van der Waals surface area (Å²) in [5, 5.41) is 3.79. The Bertz CT molecular complexity index is 545. The minimum absolute atomic E-state index is 0.351. The first-order valence-corrected chi connectivity index (χ1v) is 8.34. The van der Waals surface area contributed by atoms with Gasteiger partial charge in [-0.05, 0) is 42.9 Å². The molecule has 3 unspecified atom stereocenters. The van der Waals surface area contributed by atoms with Crippen LogP contribution in [0, 0.1) is 23.7 Å². The minimum Gasteiger partial charge on any atom is -0.366 e. The van der Waals surface area contributed by atoms with Crippen molar-refractivity contribution in [2.45, 2.75) is 72.8 Å². The number of anilines is 1. The fraction of sp³-hybridized carbons (Fsp3) is 0.778. The Labute approximate surface area is 129 Å². The zero-order valence-electron chi connectivity index (χ0n) is 14.3. The standard InChI is InChI=1S/C18H29N3/c1-11(2)15-19-12(3)9-14(20-15)21-16-17(4,5)13-7-8-18(16,6)10-13/h9,11,13,16H,7-8,10H2,1-6H3,(H,19,20,21). The largest absolute Gasteiger partial charge is 0.366 e. The van der Waals surface area contributed by atoms with Crippen molar-refractivity contribution in [2.24, 2.45) is 16.7 Å². The first kappa shape index (κ1) is 14.8. The molecule has 0 aromatic carbocycles. The summed E-state index contributed by atoms with van der Waals surface area (Å²) in [6.07, 6.45) is 4.10. The quantitative estimate of drug-likeness (QED) is 0.887. The number of rotatable bonds is 3. The van der Waals surface area contributed by atoms with Gasteiger partial charge in [0.05, 0.1) is 0 Å². The second kappa shape index (κ2) is 4.69. The van der Waals surface area contributed by atoms with E-state index in [2.05, 4.69) is 57.9 Å². The fourth-order valence-electron chi connectivity index (χ4n) is 4.73. The molecule has 1 heterocycles. The van der Waals surface area contributed by atoms with Crippen LogP contribution < -0.4 is 5.32 Å². The molecule has 0 saturated heterocycles. The van der Waals surface area contributed by atoms with E-state index in [9.17, 15) is 0 Å². The van der Waals surface area contributed by atoms with E-state index in [4.69, 9.17) is 4.98 Å². The van der Waals surface area contributed by atoms with Gasteiger partial charge in [-0.1, -0.05) is 34.6 Å². The highest BCUT2D eigenvalue weighted by Crippen LogP contribution is 2.63. The molecular weight excluding hydrogens is 258 g/mol. The number of fused-ring (bicyclic) bond motifs is 2. The molecule has 3 nitrogen and oxygen atoms in total. The summed E-state index contributed by atoms with van der Waals surface area (Å²) in [7, 11) is 0. The summed E-state index contributed by atoms with van der Waals surface area (Å²) in [5.74, 6) is 3.18. The van der Waals surface area contributed by atoms with Gasteiger partial charge in [-0.25, -0.2) is 9.97 Å². The average Bonchev–Trinajstić information content (AvgIpc) is 2.85. The van der Waals surface area contributed by atoms with E-state index in [0.29, 0.717) is 22.8 Å². The number of nitrogens with zero attached hydrogens (tertiary/aromatic N) is 2. The second-order valence-electron chi connectivity index (χ2n) is 8.40. The molecule has 116 valence electrons. The van der Waals surface area contributed by atoms with Crippen molar-refractivity contribution >= 4 is 5.82 Å². The van der Waals surface area contributed by atoms with Gasteiger partial charge in [0.2, 0.25) is 0 Å². The van der Waals surface area contributed by atoms with Gasteiger partial charge in [0, 0.05) is 23.7 Å². The predicted octanol–water partition coefficient (Wildman–Crippen LogP) is 4.54. The molecule has 3 rings (SSSR count). The zero-order chi connectivity index (χ0) is 15.4. The summed E-state index contributed by atoms with van der Waals surface area (Å²) in [6, 6.07) is 2.61. The molecule has 2 aliphatic rings. The molecule has 3 heteroatoms. The van der Waals surface area contributed by atoms with E-state index < -0.39 is 0 Å². The molecular formula is C18H29N3. The van der Waals surface area contributed by atoms with Gasteiger partial charge >= 0.3 is 0 Å². The molecule has 0 spiro atoms. The lowest BCUT2D eigenvalue weighted by atomic mass is 9.68. The van der Waals surface area contributed by atoms with Crippen molar-refractivity contribution in [1.29, 1.82) is 0 Å². The number of aromatic nitrogens is 2. The molecule has 2 bridgehead atoms. The number of nitrogens with one attached hydrogen (secondary N) is 1. The summed E-state index contributed by atoms with van der Waals surface area (Å²) in [4.78, 5) is 9.31. The molecule has 1 N–H and O–H groups in total. The maximum atomic E-state index is 4.75. The highest BCUT2D eigenvalue weighted by molar-refractivity contribution is 5.40. The Balaban J connectivity index is 1.90. The molecule has 0 aliphatic heterocycles. The molecule has 21 heavy (non-hydrogen) atoms. The Morgan fingerprint density at radius 1 is 1.24 bits per heavy atom. The zero-order valence-corrected chi connectivity index (χ0v) is 14.3. The lowest BCUT2D eigenvalue weighted by Crippen LogP contribution is -2.46. The number of aryl methyl sites for hydroxylation is 1. The highest BCUT2D eigenvalue weighted by atomic mass is 15.1. The van der Waals surface area contributed by atoms with Crippen LogP contribution in [0.3, 0.4) is 0 Å². The molecule has 2 saturated carbocycles. The lowest BCUT2D eigenvalue weighted by Gasteiger charge is -2.43. The summed E-state index contributed by atoms with van der Waals surface area (Å²) in [6.45, 7) is 13.7. The number of hydrogen-bond acceptors (Lipinski definition) is 3. The fourth-order valence-corrected chi connectivity index (χ4v) is 4.73. The van der Waals surface area contributed by atoms with Crippen LogP contribution in [0.2, 0.25) is 0 Å². The molecule has 1 aromatic rings. The van der Waals surface area contributed by atoms with E-state index >= 15 is 0 Å². The van der Waals surface area contributed by atoms with Crippen molar-refractivity contribution < 1.29 is 0 Å². The first-order valence-electron chi connectivity index (χ1n) is 8.34. The van der Waals surface area contributed by atoms with Gasteiger partial charge in [-0.3, -0.25) is 0 Å². The van der Waals surface area contributed by atoms with Crippen molar-refractivity contribution in [1.82, 2.24) is 9.97 Å². The van der Waals surface area contributed by atoms with Crippen molar-refractivity contribution in [3.05, 3.63) is 17.6 Å². The minimum atomic E-state index is 0.351. The highest BCUT2D eigenvalue weighted by Gasteiger charge is 2.59. The third-order valence-corrected chi connectivity index (χ3v) is 5.95. The van der Waals surface area contributed by atoms with E-state index in [1.807, 2.05) is 0 Å². The van der Waals surface area contributed by atoms with Crippen LogP contribution in [0.4, 0.5) is 5.82 Å². The van der Waals surface area contributed by atoms with Gasteiger partial charge in [0.1, 0.15) is 11.6 Å². The predicted molar refractivity (Wildman–Crippen MR) is 87.5 cm³/mol. The second-order valence-corrected chi connectivity index (χ2v) is 8.40. The third-order valence-electron chi connectivity index (χ3n) is 5.95. The smallest absolute Gasteiger partial charge is 0.133 e. The Morgan fingerprint density at radius 2 is 1.95 bits per heavy atom. The van der Waals surface area contributed by atoms with Crippen molar-refractivity contribution in [2.75, 3.05) is 5.32 Å². The van der Waals surface area contributed by atoms with Crippen LogP contribution in [0.1, 0.15) is 71.3 Å². The van der Waals surface area contributed by atoms with Crippen LogP contribution >= 0.6 is 0 Å². The molecule has 2 aliphatic carbocycles. The van der Waals surface area contributed by atoms with E-state index in [0.717, 1.165) is 23.3 Å². The Morgan fingerprint density at radius 3 is 2.52 bits per heavy atom. The molecule has 1 aromatic heterocycles. The van der Waals surface area contributed by atoms with Gasteiger partial charge < -0.3 is 5.32 Å². The molecule has 2 fully saturated rings. The summed E-state index contributed by atoms with van der Waals surface area (Å²) < 4.78 is 0. The van der Waals surface area contributed by atoms with Crippen LogP contribution in [-0.2, 0) is 0 Å². The molecule has 0 amide bonds. The van der Waals surface area contributed by atoms with Crippen LogP contribution in [0.5, 0.6) is 0 Å². The first-order chi connectivity index (χ1) is 9.72. The maximum Gasteiger partial charge on any atom is 0.133 e. The van der Waals surface area contributed by atoms with E-state index in [-0.39, 0.29) is 0 Å². The van der Waals surface area contributed by atoms with Crippen molar-refractivity contribution in [3.8, 4) is 0 Å². The topological polar surface area (TPSA) is 37.8 Å². The number of hydrogen-bond donors (Lipinski definition) is 1. The van der Waals surface area contributed by atoms with E-state index in [1.54, 1.807) is 0 Å². The van der Waals surface area contributed by atoms with Crippen LogP contribution in [0.25, 0.3) is 0 Å². The summed E-state index contributed by atoms with van der Waals surface area (Å²) >= 11 is 0. The van der Waals surface area contributed by atoms with E-state index in [1.165, 1.54) is 19.3 Å². The normalized spacial score (nSPS) is 33.7. The van der Waals surface area contributed by atoms with Crippen LogP contribution in [0.15, 0.2) is 6.07 Å². The van der Waals surface area contributed by atoms with Gasteiger partial charge in [-0.2, -0.15) is 0 Å². The third kappa shape index (κ3) is 2.35. The average molecular weight is 287 g/mol. The van der Waals surface area contributed by atoms with Gasteiger partial charge in [0.25, 0.3) is 0 Å². The lowest BCUT2D eigenvalue weighted by molar-refractivity contribution is 0.155. The monoisotopic (exact) mass is 287 g/mol. The van der Waals surface area contributed by atoms with Gasteiger partial charge in [-0.15, -0.1) is 0 Å². The van der Waals surface area contributed by atoms with Gasteiger partial charge in [0.15, 0.2) is 0 Å². The molecule has 0 radical (unpaired) electrons. The Hall–Kier alpha value is -1.12.